The van der Waals surface area contributed by atoms with Crippen LogP contribution in [0.3, 0.4) is 0 Å². The fourth-order valence-corrected chi connectivity index (χ4v) is 2.94. The monoisotopic (exact) mass is 388 g/mol. The molecule has 1 amide bonds. The summed E-state index contributed by atoms with van der Waals surface area (Å²) in [5, 5.41) is 6.79. The van der Waals surface area contributed by atoms with E-state index in [1.165, 1.54) is 12.1 Å². The second-order valence-corrected chi connectivity index (χ2v) is 6.26. The summed E-state index contributed by atoms with van der Waals surface area (Å²) < 4.78 is 19.1. The molecule has 6 heteroatoms. The van der Waals surface area contributed by atoms with Gasteiger partial charge >= 0.3 is 0 Å². The topological polar surface area (TPSA) is 55.1 Å². The SMILES string of the molecule is Cc1ccc(NC(=O)c2c(-c3ccc(F)cc3)noc2C)c(Br)c1. The summed E-state index contributed by atoms with van der Waals surface area (Å²) in [4.78, 5) is 12.7. The first kappa shape index (κ1) is 16.4. The molecule has 0 aliphatic rings. The summed E-state index contributed by atoms with van der Waals surface area (Å²) in [5.41, 5.74) is 3.05. The Kier molecular flexibility index (Phi) is 4.49. The number of carbonyl (C=O) groups excluding carboxylic acids is 1. The highest BCUT2D eigenvalue weighted by Crippen LogP contribution is 2.28. The third kappa shape index (κ3) is 3.23. The number of nitrogens with zero attached hydrogens (tertiary/aromatic N) is 1. The van der Waals surface area contributed by atoms with Gasteiger partial charge in [0, 0.05) is 10.0 Å². The maximum absolute atomic E-state index is 13.1. The van der Waals surface area contributed by atoms with Crippen molar-refractivity contribution in [2.24, 2.45) is 0 Å². The molecule has 0 spiro atoms. The van der Waals surface area contributed by atoms with Crippen molar-refractivity contribution in [3.05, 3.63) is 69.6 Å². The molecule has 0 unspecified atom stereocenters. The summed E-state index contributed by atoms with van der Waals surface area (Å²) in [6.45, 7) is 3.63. The van der Waals surface area contributed by atoms with E-state index in [0.29, 0.717) is 28.3 Å². The quantitative estimate of drug-likeness (QED) is 0.677. The number of anilines is 1. The van der Waals surface area contributed by atoms with Crippen LogP contribution in [-0.4, -0.2) is 11.1 Å². The molecule has 122 valence electrons. The minimum absolute atomic E-state index is 0.328. The summed E-state index contributed by atoms with van der Waals surface area (Å²) in [7, 11) is 0. The van der Waals surface area contributed by atoms with Gasteiger partial charge in [0.25, 0.3) is 5.91 Å². The number of carbonyl (C=O) groups is 1. The van der Waals surface area contributed by atoms with Crippen LogP contribution in [0.1, 0.15) is 21.7 Å². The van der Waals surface area contributed by atoms with Gasteiger partial charge in [-0.15, -0.1) is 0 Å². The van der Waals surface area contributed by atoms with Crippen molar-refractivity contribution < 1.29 is 13.7 Å². The van der Waals surface area contributed by atoms with Gasteiger partial charge in [0.2, 0.25) is 0 Å². The maximum atomic E-state index is 13.1. The molecule has 1 N–H and O–H groups in total. The zero-order valence-electron chi connectivity index (χ0n) is 13.1. The van der Waals surface area contributed by atoms with E-state index in [0.717, 1.165) is 10.0 Å². The van der Waals surface area contributed by atoms with E-state index in [2.05, 4.69) is 26.4 Å². The third-order valence-electron chi connectivity index (χ3n) is 3.58. The first-order valence-corrected chi connectivity index (χ1v) is 8.04. The number of aromatic nitrogens is 1. The van der Waals surface area contributed by atoms with Gasteiger partial charge in [0.05, 0.1) is 5.69 Å². The minimum Gasteiger partial charge on any atom is -0.360 e. The van der Waals surface area contributed by atoms with Crippen molar-refractivity contribution in [1.82, 2.24) is 5.16 Å². The van der Waals surface area contributed by atoms with Crippen LogP contribution in [0.15, 0.2) is 51.5 Å². The molecule has 0 bridgehead atoms. The number of benzene rings is 2. The number of nitrogens with one attached hydrogen (secondary N) is 1. The smallest absolute Gasteiger partial charge is 0.261 e. The number of rotatable bonds is 3. The Labute approximate surface area is 146 Å². The number of hydrogen-bond donors (Lipinski definition) is 1. The predicted octanol–water partition coefficient (Wildman–Crippen LogP) is 5.11. The molecule has 3 aromatic rings. The number of halogens is 2. The lowest BCUT2D eigenvalue weighted by molar-refractivity contribution is 0.102. The van der Waals surface area contributed by atoms with Crippen LogP contribution in [0.5, 0.6) is 0 Å². The molecular formula is C18H14BrFN2O2. The van der Waals surface area contributed by atoms with Crippen molar-refractivity contribution >= 4 is 27.5 Å². The van der Waals surface area contributed by atoms with Crippen molar-refractivity contribution in [3.63, 3.8) is 0 Å². The average molecular weight is 389 g/mol. The van der Waals surface area contributed by atoms with Crippen LogP contribution in [0, 0.1) is 19.7 Å². The van der Waals surface area contributed by atoms with Crippen molar-refractivity contribution in [2.75, 3.05) is 5.32 Å². The average Bonchev–Trinajstić information content (AvgIpc) is 2.92. The summed E-state index contributed by atoms with van der Waals surface area (Å²) in [5.74, 6) is -0.291. The van der Waals surface area contributed by atoms with Crippen LogP contribution in [0.2, 0.25) is 0 Å². The van der Waals surface area contributed by atoms with E-state index in [-0.39, 0.29) is 11.7 Å². The van der Waals surface area contributed by atoms with Crippen molar-refractivity contribution in [1.29, 1.82) is 0 Å². The van der Waals surface area contributed by atoms with E-state index in [1.807, 2.05) is 25.1 Å². The van der Waals surface area contributed by atoms with Crippen LogP contribution < -0.4 is 5.32 Å². The molecule has 0 saturated heterocycles. The predicted molar refractivity (Wildman–Crippen MR) is 93.5 cm³/mol. The lowest BCUT2D eigenvalue weighted by Gasteiger charge is -2.08. The Morgan fingerprint density at radius 1 is 1.17 bits per heavy atom. The minimum atomic E-state index is -0.353. The van der Waals surface area contributed by atoms with E-state index in [4.69, 9.17) is 4.52 Å². The van der Waals surface area contributed by atoms with Crippen LogP contribution >= 0.6 is 15.9 Å². The summed E-state index contributed by atoms with van der Waals surface area (Å²) in [6, 6.07) is 11.4. The highest BCUT2D eigenvalue weighted by molar-refractivity contribution is 9.10. The Balaban J connectivity index is 1.95. The second kappa shape index (κ2) is 6.57. The van der Waals surface area contributed by atoms with E-state index in [1.54, 1.807) is 19.1 Å². The van der Waals surface area contributed by atoms with E-state index in [9.17, 15) is 9.18 Å². The highest BCUT2D eigenvalue weighted by Gasteiger charge is 2.22. The lowest BCUT2D eigenvalue weighted by Crippen LogP contribution is -2.14. The third-order valence-corrected chi connectivity index (χ3v) is 4.24. The van der Waals surface area contributed by atoms with Gasteiger partial charge < -0.3 is 9.84 Å². The van der Waals surface area contributed by atoms with Gasteiger partial charge in [0.15, 0.2) is 0 Å². The Morgan fingerprint density at radius 2 is 1.88 bits per heavy atom. The van der Waals surface area contributed by atoms with Gasteiger partial charge in [-0.3, -0.25) is 4.79 Å². The van der Waals surface area contributed by atoms with Crippen molar-refractivity contribution in [3.8, 4) is 11.3 Å². The van der Waals surface area contributed by atoms with Crippen LogP contribution in [-0.2, 0) is 0 Å². The molecule has 0 aliphatic carbocycles. The fraction of sp³-hybridized carbons (Fsp3) is 0.111. The Bertz CT molecular complexity index is 904. The van der Waals surface area contributed by atoms with Gasteiger partial charge in [-0.2, -0.15) is 0 Å². The highest BCUT2D eigenvalue weighted by atomic mass is 79.9. The molecule has 1 aromatic heterocycles. The number of hydrogen-bond acceptors (Lipinski definition) is 3. The van der Waals surface area contributed by atoms with Gasteiger partial charge in [0.1, 0.15) is 22.8 Å². The van der Waals surface area contributed by atoms with Gasteiger partial charge in [-0.25, -0.2) is 4.39 Å². The van der Waals surface area contributed by atoms with Crippen LogP contribution in [0.4, 0.5) is 10.1 Å². The lowest BCUT2D eigenvalue weighted by atomic mass is 10.1. The standard InChI is InChI=1S/C18H14BrFN2O2/c1-10-3-8-15(14(19)9-10)21-18(23)16-11(2)24-22-17(16)12-4-6-13(20)7-5-12/h3-9H,1-2H3,(H,21,23). The zero-order chi connectivity index (χ0) is 17.3. The molecule has 2 aromatic carbocycles. The Hall–Kier alpha value is -2.47. The maximum Gasteiger partial charge on any atom is 0.261 e. The van der Waals surface area contributed by atoms with E-state index >= 15 is 0 Å². The molecule has 0 fully saturated rings. The molecule has 4 nitrogen and oxygen atoms in total. The zero-order valence-corrected chi connectivity index (χ0v) is 14.6. The first-order chi connectivity index (χ1) is 11.5. The largest absolute Gasteiger partial charge is 0.360 e. The first-order valence-electron chi connectivity index (χ1n) is 7.25. The number of amides is 1. The summed E-state index contributed by atoms with van der Waals surface area (Å²) in [6.07, 6.45) is 0. The van der Waals surface area contributed by atoms with Gasteiger partial charge in [-0.05, 0) is 71.7 Å². The molecule has 3 rings (SSSR count). The number of aryl methyl sites for hydroxylation is 2. The van der Waals surface area contributed by atoms with E-state index < -0.39 is 0 Å². The molecule has 0 aliphatic heterocycles. The Morgan fingerprint density at radius 3 is 2.54 bits per heavy atom. The second-order valence-electron chi connectivity index (χ2n) is 5.41. The normalized spacial score (nSPS) is 10.7. The molecule has 24 heavy (non-hydrogen) atoms. The molecule has 0 atom stereocenters. The van der Waals surface area contributed by atoms with Crippen molar-refractivity contribution in [2.45, 2.75) is 13.8 Å². The molecule has 0 radical (unpaired) electrons. The molecule has 1 heterocycles. The molecular weight excluding hydrogens is 375 g/mol. The fourth-order valence-electron chi connectivity index (χ4n) is 2.35. The van der Waals surface area contributed by atoms with Crippen LogP contribution in [0.25, 0.3) is 11.3 Å². The molecule has 0 saturated carbocycles. The van der Waals surface area contributed by atoms with Gasteiger partial charge in [-0.1, -0.05) is 11.2 Å². The summed E-state index contributed by atoms with van der Waals surface area (Å²) >= 11 is 3.43.